The Balaban J connectivity index is 2.18. The minimum Gasteiger partial charge on any atom is -0.117 e. The third-order valence-corrected chi connectivity index (χ3v) is 4.00. The van der Waals surface area contributed by atoms with Gasteiger partial charge in [-0.1, -0.05) is 51.8 Å². The Hall–Kier alpha value is -0.790. The van der Waals surface area contributed by atoms with Crippen molar-refractivity contribution in [3.8, 4) is 0 Å². The van der Waals surface area contributed by atoms with Gasteiger partial charge in [0.25, 0.3) is 0 Å². The van der Waals surface area contributed by atoms with Crippen LogP contribution >= 0.6 is 27.5 Å². The third-order valence-electron chi connectivity index (χ3n) is 3.11. The highest BCUT2D eigenvalue weighted by Crippen LogP contribution is 2.29. The van der Waals surface area contributed by atoms with E-state index in [-0.39, 0.29) is 5.38 Å². The second-order valence-corrected chi connectivity index (χ2v) is 6.10. The molecule has 0 saturated heterocycles. The lowest BCUT2D eigenvalue weighted by Gasteiger charge is -2.13. The number of halogens is 2. The Morgan fingerprint density at radius 3 is 2.39 bits per heavy atom. The van der Waals surface area contributed by atoms with Crippen LogP contribution in [0.5, 0.6) is 0 Å². The molecule has 0 aliphatic rings. The van der Waals surface area contributed by atoms with E-state index in [1.165, 1.54) is 22.3 Å². The van der Waals surface area contributed by atoms with Crippen molar-refractivity contribution in [1.29, 1.82) is 0 Å². The first-order valence-electron chi connectivity index (χ1n) is 6.02. The van der Waals surface area contributed by atoms with E-state index in [1.807, 2.05) is 6.07 Å². The summed E-state index contributed by atoms with van der Waals surface area (Å²) in [6.45, 7) is 4.20. The fraction of sp³-hybridized carbons (Fsp3) is 0.250. The molecule has 2 rings (SSSR count). The van der Waals surface area contributed by atoms with Crippen molar-refractivity contribution in [3.63, 3.8) is 0 Å². The van der Waals surface area contributed by atoms with Gasteiger partial charge < -0.3 is 0 Å². The van der Waals surface area contributed by atoms with Crippen LogP contribution in [-0.2, 0) is 6.42 Å². The van der Waals surface area contributed by atoms with E-state index >= 15 is 0 Å². The van der Waals surface area contributed by atoms with Gasteiger partial charge in [0, 0.05) is 4.47 Å². The highest BCUT2D eigenvalue weighted by atomic mass is 79.9. The standard InChI is InChI=1S/C16H16BrCl/c1-11-3-6-13(7-4-11)9-16(18)15-10-14(17)8-5-12(15)2/h3-8,10,16H,9H2,1-2H3. The number of aryl methyl sites for hydroxylation is 2. The lowest BCUT2D eigenvalue weighted by Crippen LogP contribution is -1.98. The van der Waals surface area contributed by atoms with E-state index in [0.29, 0.717) is 0 Å². The molecule has 2 aromatic rings. The zero-order chi connectivity index (χ0) is 13.1. The molecular formula is C16H16BrCl. The predicted octanol–water partition coefficient (Wildman–Crippen LogP) is 5.59. The quantitative estimate of drug-likeness (QED) is 0.646. The third kappa shape index (κ3) is 3.37. The van der Waals surface area contributed by atoms with Gasteiger partial charge in [0.2, 0.25) is 0 Å². The second-order valence-electron chi connectivity index (χ2n) is 4.66. The van der Waals surface area contributed by atoms with E-state index in [9.17, 15) is 0 Å². The van der Waals surface area contributed by atoms with E-state index < -0.39 is 0 Å². The van der Waals surface area contributed by atoms with E-state index in [2.05, 4.69) is 66.2 Å². The molecule has 0 fully saturated rings. The van der Waals surface area contributed by atoms with Crippen molar-refractivity contribution >= 4 is 27.5 Å². The molecule has 0 spiro atoms. The summed E-state index contributed by atoms with van der Waals surface area (Å²) < 4.78 is 1.08. The van der Waals surface area contributed by atoms with Gasteiger partial charge in [-0.25, -0.2) is 0 Å². The van der Waals surface area contributed by atoms with Gasteiger partial charge in [-0.2, -0.15) is 0 Å². The topological polar surface area (TPSA) is 0 Å². The second kappa shape index (κ2) is 5.90. The molecule has 0 amide bonds. The Labute approximate surface area is 122 Å². The molecule has 1 atom stereocenters. The Morgan fingerprint density at radius 1 is 1.06 bits per heavy atom. The predicted molar refractivity (Wildman–Crippen MR) is 82.4 cm³/mol. The molecule has 0 aliphatic heterocycles. The lowest BCUT2D eigenvalue weighted by atomic mass is 9.99. The van der Waals surface area contributed by atoms with Gasteiger partial charge in [0.15, 0.2) is 0 Å². The number of rotatable bonds is 3. The maximum Gasteiger partial charge on any atom is 0.0628 e. The van der Waals surface area contributed by atoms with E-state index in [4.69, 9.17) is 11.6 Å². The summed E-state index contributed by atoms with van der Waals surface area (Å²) in [6.07, 6.45) is 0.860. The monoisotopic (exact) mass is 322 g/mol. The minimum atomic E-state index is 0.0187. The van der Waals surface area contributed by atoms with Gasteiger partial charge in [0.1, 0.15) is 0 Å². The zero-order valence-electron chi connectivity index (χ0n) is 10.6. The van der Waals surface area contributed by atoms with Gasteiger partial charge in [-0.05, 0) is 49.1 Å². The van der Waals surface area contributed by atoms with E-state index in [1.54, 1.807) is 0 Å². The van der Waals surface area contributed by atoms with Crippen LogP contribution in [0.25, 0.3) is 0 Å². The van der Waals surface area contributed by atoms with Crippen LogP contribution < -0.4 is 0 Å². The molecule has 2 aromatic carbocycles. The Kier molecular flexibility index (Phi) is 4.47. The molecule has 0 N–H and O–H groups in total. The maximum absolute atomic E-state index is 6.54. The van der Waals surface area contributed by atoms with E-state index in [0.717, 1.165) is 10.9 Å². The molecule has 0 aliphatic carbocycles. The Bertz CT molecular complexity index is 531. The molecule has 0 aromatic heterocycles. The minimum absolute atomic E-state index is 0.0187. The van der Waals surface area contributed by atoms with Crippen molar-refractivity contribution in [3.05, 3.63) is 69.2 Å². The summed E-state index contributed by atoms with van der Waals surface area (Å²) in [6, 6.07) is 14.8. The van der Waals surface area contributed by atoms with Crippen LogP contribution in [0.4, 0.5) is 0 Å². The molecular weight excluding hydrogens is 308 g/mol. The highest BCUT2D eigenvalue weighted by molar-refractivity contribution is 9.10. The summed E-state index contributed by atoms with van der Waals surface area (Å²) in [5.41, 5.74) is 5.00. The molecule has 18 heavy (non-hydrogen) atoms. The van der Waals surface area contributed by atoms with Crippen LogP contribution in [0, 0.1) is 13.8 Å². The highest BCUT2D eigenvalue weighted by Gasteiger charge is 2.12. The SMILES string of the molecule is Cc1ccc(CC(Cl)c2cc(Br)ccc2C)cc1. The summed E-state index contributed by atoms with van der Waals surface area (Å²) in [5.74, 6) is 0. The first-order valence-corrected chi connectivity index (χ1v) is 7.25. The largest absolute Gasteiger partial charge is 0.117 e. The Morgan fingerprint density at radius 2 is 1.72 bits per heavy atom. The molecule has 1 unspecified atom stereocenters. The van der Waals surface area contributed by atoms with Gasteiger partial charge >= 0.3 is 0 Å². The summed E-state index contributed by atoms with van der Waals surface area (Å²) in [7, 11) is 0. The first-order chi connectivity index (χ1) is 8.56. The van der Waals surface area contributed by atoms with Gasteiger partial charge in [-0.15, -0.1) is 11.6 Å². The number of hydrogen-bond acceptors (Lipinski definition) is 0. The molecule has 94 valence electrons. The molecule has 2 heteroatoms. The van der Waals surface area contributed by atoms with Crippen molar-refractivity contribution in [1.82, 2.24) is 0 Å². The zero-order valence-corrected chi connectivity index (χ0v) is 12.9. The fourth-order valence-corrected chi connectivity index (χ4v) is 2.78. The van der Waals surface area contributed by atoms with Crippen LogP contribution in [0.2, 0.25) is 0 Å². The van der Waals surface area contributed by atoms with Crippen LogP contribution in [0.3, 0.4) is 0 Å². The summed E-state index contributed by atoms with van der Waals surface area (Å²) in [5, 5.41) is 0.0187. The van der Waals surface area contributed by atoms with Crippen LogP contribution in [-0.4, -0.2) is 0 Å². The van der Waals surface area contributed by atoms with Gasteiger partial charge in [0.05, 0.1) is 5.38 Å². The lowest BCUT2D eigenvalue weighted by molar-refractivity contribution is 0.908. The van der Waals surface area contributed by atoms with Crippen molar-refractivity contribution in [2.24, 2.45) is 0 Å². The molecule has 0 heterocycles. The molecule has 0 saturated carbocycles. The first kappa shape index (κ1) is 13.6. The normalized spacial score (nSPS) is 12.4. The molecule has 0 bridgehead atoms. The van der Waals surface area contributed by atoms with Crippen LogP contribution in [0.1, 0.15) is 27.6 Å². The summed E-state index contributed by atoms with van der Waals surface area (Å²) >= 11 is 10.0. The fourth-order valence-electron chi connectivity index (χ4n) is 1.99. The average Bonchev–Trinajstić information content (AvgIpc) is 2.35. The van der Waals surface area contributed by atoms with Crippen LogP contribution in [0.15, 0.2) is 46.9 Å². The number of alkyl halides is 1. The van der Waals surface area contributed by atoms with Gasteiger partial charge in [-0.3, -0.25) is 0 Å². The van der Waals surface area contributed by atoms with Crippen molar-refractivity contribution in [2.45, 2.75) is 25.6 Å². The maximum atomic E-state index is 6.54. The molecule has 0 nitrogen and oxygen atoms in total. The number of benzene rings is 2. The summed E-state index contributed by atoms with van der Waals surface area (Å²) in [4.78, 5) is 0. The molecule has 0 radical (unpaired) electrons. The average molecular weight is 324 g/mol. The van der Waals surface area contributed by atoms with Crippen molar-refractivity contribution < 1.29 is 0 Å². The number of hydrogen-bond donors (Lipinski definition) is 0. The van der Waals surface area contributed by atoms with Crippen molar-refractivity contribution in [2.75, 3.05) is 0 Å². The smallest absolute Gasteiger partial charge is 0.0628 e.